The second-order valence-electron chi connectivity index (χ2n) is 10.1. The van der Waals surface area contributed by atoms with Crippen LogP contribution in [-0.2, 0) is 20.0 Å². The number of anilines is 1. The van der Waals surface area contributed by atoms with Gasteiger partial charge in [-0.1, -0.05) is 13.0 Å². The molecule has 3 atom stereocenters. The van der Waals surface area contributed by atoms with Crippen molar-refractivity contribution in [3.8, 4) is 5.75 Å². The van der Waals surface area contributed by atoms with Crippen molar-refractivity contribution in [1.82, 2.24) is 9.21 Å². The summed E-state index contributed by atoms with van der Waals surface area (Å²) in [6.07, 6.45) is -0.901. The van der Waals surface area contributed by atoms with E-state index in [0.29, 0.717) is 0 Å². The zero-order valence-electron chi connectivity index (χ0n) is 23.1. The summed E-state index contributed by atoms with van der Waals surface area (Å²) < 4.78 is 89.4. The van der Waals surface area contributed by atoms with E-state index in [4.69, 9.17) is 4.74 Å². The zero-order valence-corrected chi connectivity index (χ0v) is 24.7. The van der Waals surface area contributed by atoms with Crippen molar-refractivity contribution in [3.63, 3.8) is 0 Å². The Hall–Kier alpha value is -3.59. The minimum atomic E-state index is -4.25. The summed E-state index contributed by atoms with van der Waals surface area (Å²) in [4.78, 5) is 14.7. The van der Waals surface area contributed by atoms with Gasteiger partial charge in [0.05, 0.1) is 40.2 Å². The van der Waals surface area contributed by atoms with Gasteiger partial charge in [-0.25, -0.2) is 25.6 Å². The molecule has 1 heterocycles. The van der Waals surface area contributed by atoms with Crippen LogP contribution in [0.4, 0.5) is 14.5 Å². The Morgan fingerprint density at radius 1 is 1.00 bits per heavy atom. The number of hydrogen-bond donors (Lipinski definition) is 2. The minimum absolute atomic E-state index is 0.00412. The maximum atomic E-state index is 13.6. The second-order valence-corrected chi connectivity index (χ2v) is 13.8. The molecule has 1 amide bonds. The SMILES string of the molecule is C[C@@H]1CN([C@@H](C)CO)C(=O)c2cccc(NS(=O)(=O)c3ccc(F)cc3)c2O[C@@H]1CN(C)S(=O)(=O)c1ccc(F)cc1. The first kappa shape index (κ1) is 31.3. The lowest BCUT2D eigenvalue weighted by Gasteiger charge is -2.38. The first-order valence-corrected chi connectivity index (χ1v) is 15.9. The summed E-state index contributed by atoms with van der Waals surface area (Å²) in [6.45, 7) is 2.92. The molecule has 2 N–H and O–H groups in total. The third-order valence-corrected chi connectivity index (χ3v) is 10.2. The van der Waals surface area contributed by atoms with Crippen molar-refractivity contribution < 1.29 is 40.3 Å². The normalized spacial score (nSPS) is 18.5. The number of aliphatic hydroxyl groups excluding tert-OH is 1. The van der Waals surface area contributed by atoms with Crippen LogP contribution in [-0.4, -0.2) is 75.9 Å². The molecule has 0 bridgehead atoms. The van der Waals surface area contributed by atoms with E-state index in [9.17, 15) is 35.5 Å². The average Bonchev–Trinajstić information content (AvgIpc) is 2.95. The zero-order chi connectivity index (χ0) is 30.8. The van der Waals surface area contributed by atoms with Gasteiger partial charge in [-0.3, -0.25) is 9.52 Å². The van der Waals surface area contributed by atoms with Crippen LogP contribution in [0.5, 0.6) is 5.75 Å². The van der Waals surface area contributed by atoms with Gasteiger partial charge in [0.25, 0.3) is 15.9 Å². The molecule has 1 aliphatic heterocycles. The first-order chi connectivity index (χ1) is 19.7. The molecular weight excluding hydrogens is 592 g/mol. The molecule has 0 unspecified atom stereocenters. The number of likely N-dealkylation sites (N-methyl/N-ethyl adjacent to an activating group) is 1. The topological polar surface area (TPSA) is 133 Å². The van der Waals surface area contributed by atoms with E-state index in [0.717, 1.165) is 52.8 Å². The van der Waals surface area contributed by atoms with Crippen LogP contribution >= 0.6 is 0 Å². The van der Waals surface area contributed by atoms with Crippen molar-refractivity contribution in [2.75, 3.05) is 31.5 Å². The molecule has 3 aromatic rings. The van der Waals surface area contributed by atoms with Crippen LogP contribution in [0.3, 0.4) is 0 Å². The highest BCUT2D eigenvalue weighted by Gasteiger charge is 2.36. The highest BCUT2D eigenvalue weighted by molar-refractivity contribution is 7.92. The fraction of sp³-hybridized carbons (Fsp3) is 0.321. The molecule has 3 aromatic carbocycles. The van der Waals surface area contributed by atoms with Crippen molar-refractivity contribution in [2.24, 2.45) is 5.92 Å². The van der Waals surface area contributed by atoms with Crippen LogP contribution in [0.15, 0.2) is 76.5 Å². The van der Waals surface area contributed by atoms with E-state index < -0.39 is 55.7 Å². The van der Waals surface area contributed by atoms with E-state index in [1.807, 2.05) is 0 Å². The highest BCUT2D eigenvalue weighted by Crippen LogP contribution is 2.36. The van der Waals surface area contributed by atoms with Gasteiger partial charge in [0, 0.05) is 19.5 Å². The molecule has 0 aliphatic carbocycles. The molecule has 42 heavy (non-hydrogen) atoms. The van der Waals surface area contributed by atoms with E-state index >= 15 is 0 Å². The van der Waals surface area contributed by atoms with E-state index in [1.165, 1.54) is 30.1 Å². The van der Waals surface area contributed by atoms with Crippen LogP contribution in [0.1, 0.15) is 24.2 Å². The number of benzene rings is 3. The Morgan fingerprint density at radius 3 is 2.14 bits per heavy atom. The Balaban J connectivity index is 1.76. The summed E-state index contributed by atoms with van der Waals surface area (Å²) in [5.74, 6) is -2.37. The molecule has 226 valence electrons. The van der Waals surface area contributed by atoms with Gasteiger partial charge in [0.1, 0.15) is 17.7 Å². The van der Waals surface area contributed by atoms with Crippen LogP contribution in [0, 0.1) is 17.6 Å². The smallest absolute Gasteiger partial charge is 0.262 e. The van der Waals surface area contributed by atoms with Gasteiger partial charge in [0.2, 0.25) is 10.0 Å². The van der Waals surface area contributed by atoms with Gasteiger partial charge in [-0.15, -0.1) is 0 Å². The third kappa shape index (κ3) is 6.56. The number of para-hydroxylation sites is 1. The molecule has 4 rings (SSSR count). The number of sulfonamides is 2. The number of hydrogen-bond acceptors (Lipinski definition) is 7. The summed E-state index contributed by atoms with van der Waals surface area (Å²) in [5, 5.41) is 9.86. The van der Waals surface area contributed by atoms with E-state index in [-0.39, 0.29) is 46.5 Å². The number of fused-ring (bicyclic) bond motifs is 1. The number of carbonyl (C=O) groups is 1. The molecule has 1 aliphatic rings. The van der Waals surface area contributed by atoms with E-state index in [2.05, 4.69) is 4.72 Å². The molecule has 0 fully saturated rings. The maximum absolute atomic E-state index is 13.6. The van der Waals surface area contributed by atoms with Gasteiger partial charge in [-0.2, -0.15) is 4.31 Å². The third-order valence-electron chi connectivity index (χ3n) is 7.02. The second kappa shape index (κ2) is 12.3. The van der Waals surface area contributed by atoms with Gasteiger partial charge < -0.3 is 14.7 Å². The molecular formula is C28H31F2N3O7S2. The Kier molecular flexibility index (Phi) is 9.21. The Morgan fingerprint density at radius 2 is 1.57 bits per heavy atom. The summed E-state index contributed by atoms with van der Waals surface area (Å²) in [7, 11) is -7.00. The summed E-state index contributed by atoms with van der Waals surface area (Å²) in [6, 6.07) is 12.2. The lowest BCUT2D eigenvalue weighted by Crippen LogP contribution is -2.50. The van der Waals surface area contributed by atoms with Crippen molar-refractivity contribution in [3.05, 3.63) is 83.9 Å². The average molecular weight is 624 g/mol. The predicted molar refractivity (Wildman–Crippen MR) is 151 cm³/mol. The number of nitrogens with one attached hydrogen (secondary N) is 1. The number of ether oxygens (including phenoxy) is 1. The molecule has 0 spiro atoms. The van der Waals surface area contributed by atoms with Gasteiger partial charge >= 0.3 is 0 Å². The molecule has 0 radical (unpaired) electrons. The fourth-order valence-corrected chi connectivity index (χ4v) is 6.74. The summed E-state index contributed by atoms with van der Waals surface area (Å²) >= 11 is 0. The lowest BCUT2D eigenvalue weighted by atomic mass is 9.99. The minimum Gasteiger partial charge on any atom is -0.486 e. The largest absolute Gasteiger partial charge is 0.486 e. The Bertz CT molecular complexity index is 1650. The van der Waals surface area contributed by atoms with Gasteiger partial charge in [-0.05, 0) is 67.6 Å². The van der Waals surface area contributed by atoms with Crippen molar-refractivity contribution >= 4 is 31.6 Å². The van der Waals surface area contributed by atoms with Crippen LogP contribution < -0.4 is 9.46 Å². The Labute approximate surface area is 243 Å². The van der Waals surface area contributed by atoms with Crippen molar-refractivity contribution in [1.29, 1.82) is 0 Å². The number of nitrogens with zero attached hydrogens (tertiary/aromatic N) is 2. The van der Waals surface area contributed by atoms with Crippen LogP contribution in [0.2, 0.25) is 0 Å². The monoisotopic (exact) mass is 623 g/mol. The first-order valence-electron chi connectivity index (χ1n) is 13.0. The summed E-state index contributed by atoms with van der Waals surface area (Å²) in [5.41, 5.74) is -0.0968. The van der Waals surface area contributed by atoms with Crippen LogP contribution in [0.25, 0.3) is 0 Å². The number of carbonyl (C=O) groups excluding carboxylic acids is 1. The number of aliphatic hydroxyl groups is 1. The number of amides is 1. The van der Waals surface area contributed by atoms with E-state index in [1.54, 1.807) is 13.8 Å². The highest BCUT2D eigenvalue weighted by atomic mass is 32.2. The maximum Gasteiger partial charge on any atom is 0.262 e. The standard InChI is InChI=1S/C28H31F2N3O7S2/c1-18-15-33(19(2)17-34)28(35)24-5-4-6-25(31-41(36,37)22-11-7-20(29)8-12-22)27(24)40-26(18)16-32(3)42(38,39)23-13-9-21(30)10-14-23/h4-14,18-19,26,31,34H,15-17H2,1-3H3/t18-,19+,26-/m1/s1. The quantitative estimate of drug-likeness (QED) is 0.374. The lowest BCUT2D eigenvalue weighted by molar-refractivity contribution is 0.0389. The number of rotatable bonds is 9. The molecule has 0 aromatic heterocycles. The fourth-order valence-electron chi connectivity index (χ4n) is 4.50. The van der Waals surface area contributed by atoms with Crippen molar-refractivity contribution in [2.45, 2.75) is 35.8 Å². The van der Waals surface area contributed by atoms with Gasteiger partial charge in [0.15, 0.2) is 5.75 Å². The molecule has 14 heteroatoms. The predicted octanol–water partition coefficient (Wildman–Crippen LogP) is 3.31. The molecule has 10 nitrogen and oxygen atoms in total. The molecule has 0 saturated heterocycles. The number of halogens is 2. The molecule has 0 saturated carbocycles.